The fraction of sp³-hybridized carbons (Fsp3) is 0.455. The number of hydrogen-bond acceptors (Lipinski definition) is 5. The minimum atomic E-state index is -0.201. The first-order valence-corrected chi connectivity index (χ1v) is 5.28. The van der Waals surface area contributed by atoms with E-state index in [-0.39, 0.29) is 6.04 Å². The summed E-state index contributed by atoms with van der Waals surface area (Å²) >= 11 is 0. The number of hydrogen-bond donors (Lipinski definition) is 1. The topological polar surface area (TPSA) is 78.1 Å². The average Bonchev–Trinajstić information content (AvgIpc) is 2.87. The Morgan fingerprint density at radius 1 is 1.44 bits per heavy atom. The molecule has 0 saturated heterocycles. The quantitative estimate of drug-likeness (QED) is 0.857. The second kappa shape index (κ2) is 4.49. The van der Waals surface area contributed by atoms with E-state index < -0.39 is 0 Å². The van der Waals surface area contributed by atoms with Gasteiger partial charge in [0.25, 0.3) is 0 Å². The highest BCUT2D eigenvalue weighted by Gasteiger charge is 2.17. The molecular formula is C11H15N3O2. The zero-order chi connectivity index (χ0) is 11.5. The highest BCUT2D eigenvalue weighted by molar-refractivity contribution is 5.51. The number of nitrogens with zero attached hydrogens (tertiary/aromatic N) is 2. The molecule has 0 spiro atoms. The Morgan fingerprint density at radius 2 is 2.25 bits per heavy atom. The summed E-state index contributed by atoms with van der Waals surface area (Å²) in [6.07, 6.45) is 3.97. The molecule has 0 amide bonds. The highest BCUT2D eigenvalue weighted by atomic mass is 16.5. The molecule has 16 heavy (non-hydrogen) atoms. The van der Waals surface area contributed by atoms with Gasteiger partial charge in [0.15, 0.2) is 0 Å². The summed E-state index contributed by atoms with van der Waals surface area (Å²) in [5.41, 5.74) is 6.74. The Hall–Kier alpha value is -1.62. The van der Waals surface area contributed by atoms with Crippen molar-refractivity contribution >= 4 is 0 Å². The molecule has 0 aromatic carbocycles. The molecule has 5 nitrogen and oxygen atoms in total. The van der Waals surface area contributed by atoms with E-state index in [0.717, 1.165) is 12.0 Å². The van der Waals surface area contributed by atoms with Crippen LogP contribution in [0.15, 0.2) is 27.5 Å². The minimum Gasteiger partial charge on any atom is -0.472 e. The first kappa shape index (κ1) is 10.9. The highest BCUT2D eigenvalue weighted by Crippen LogP contribution is 2.21. The molecule has 0 aliphatic heterocycles. The summed E-state index contributed by atoms with van der Waals surface area (Å²) < 4.78 is 10.1. The fourth-order valence-corrected chi connectivity index (χ4v) is 1.50. The van der Waals surface area contributed by atoms with Crippen LogP contribution in [0, 0.1) is 5.92 Å². The number of rotatable bonds is 4. The number of nitrogens with two attached hydrogens (primary N) is 1. The average molecular weight is 221 g/mol. The Kier molecular flexibility index (Phi) is 3.05. The van der Waals surface area contributed by atoms with Crippen molar-refractivity contribution in [2.45, 2.75) is 26.3 Å². The van der Waals surface area contributed by atoms with Crippen LogP contribution in [-0.4, -0.2) is 10.1 Å². The lowest BCUT2D eigenvalue weighted by atomic mass is 10.0. The van der Waals surface area contributed by atoms with Crippen LogP contribution in [0.2, 0.25) is 0 Å². The lowest BCUT2D eigenvalue weighted by molar-refractivity contribution is 0.335. The standard InChI is InChI=1S/C11H15N3O2/c1-7(2)5-9(12)11-13-10(14-16-11)8-3-4-15-6-8/h3-4,6-7,9H,5,12H2,1-2H3. The second-order valence-corrected chi connectivity index (χ2v) is 4.20. The van der Waals surface area contributed by atoms with Crippen molar-refractivity contribution in [1.29, 1.82) is 0 Å². The molecule has 2 aromatic heterocycles. The van der Waals surface area contributed by atoms with Gasteiger partial charge in [0.05, 0.1) is 17.9 Å². The second-order valence-electron chi connectivity index (χ2n) is 4.20. The van der Waals surface area contributed by atoms with E-state index in [1.807, 2.05) is 0 Å². The van der Waals surface area contributed by atoms with E-state index in [1.165, 1.54) is 0 Å². The molecule has 5 heteroatoms. The lowest BCUT2D eigenvalue weighted by Crippen LogP contribution is -2.13. The van der Waals surface area contributed by atoms with Gasteiger partial charge < -0.3 is 14.7 Å². The molecule has 0 saturated carbocycles. The van der Waals surface area contributed by atoms with E-state index >= 15 is 0 Å². The van der Waals surface area contributed by atoms with Crippen LogP contribution in [0.3, 0.4) is 0 Å². The minimum absolute atomic E-state index is 0.201. The van der Waals surface area contributed by atoms with Crippen molar-refractivity contribution in [3.63, 3.8) is 0 Å². The predicted octanol–water partition coefficient (Wildman–Crippen LogP) is 2.38. The van der Waals surface area contributed by atoms with Crippen molar-refractivity contribution in [3.8, 4) is 11.4 Å². The first-order chi connectivity index (χ1) is 7.66. The van der Waals surface area contributed by atoms with Crippen LogP contribution >= 0.6 is 0 Å². The van der Waals surface area contributed by atoms with Crippen LogP contribution in [0.1, 0.15) is 32.2 Å². The van der Waals surface area contributed by atoms with Gasteiger partial charge in [-0.25, -0.2) is 0 Å². The van der Waals surface area contributed by atoms with Gasteiger partial charge in [-0.3, -0.25) is 0 Å². The van der Waals surface area contributed by atoms with Crippen LogP contribution < -0.4 is 5.73 Å². The van der Waals surface area contributed by atoms with Crippen molar-refractivity contribution in [2.75, 3.05) is 0 Å². The molecule has 0 aliphatic rings. The maximum absolute atomic E-state index is 5.94. The largest absolute Gasteiger partial charge is 0.472 e. The third-order valence-electron chi connectivity index (χ3n) is 2.26. The molecule has 86 valence electrons. The van der Waals surface area contributed by atoms with Gasteiger partial charge >= 0.3 is 0 Å². The monoisotopic (exact) mass is 221 g/mol. The fourth-order valence-electron chi connectivity index (χ4n) is 1.50. The van der Waals surface area contributed by atoms with Crippen molar-refractivity contribution < 1.29 is 8.94 Å². The summed E-state index contributed by atoms with van der Waals surface area (Å²) in [6, 6.07) is 1.58. The maximum atomic E-state index is 5.94. The summed E-state index contributed by atoms with van der Waals surface area (Å²) in [5.74, 6) is 1.49. The zero-order valence-electron chi connectivity index (χ0n) is 9.38. The third-order valence-corrected chi connectivity index (χ3v) is 2.26. The molecule has 0 radical (unpaired) electrons. The first-order valence-electron chi connectivity index (χ1n) is 5.28. The summed E-state index contributed by atoms with van der Waals surface area (Å²) in [5, 5.41) is 3.86. The molecule has 0 bridgehead atoms. The zero-order valence-corrected chi connectivity index (χ0v) is 9.38. The van der Waals surface area contributed by atoms with E-state index in [0.29, 0.717) is 17.6 Å². The van der Waals surface area contributed by atoms with E-state index in [1.54, 1.807) is 18.6 Å². The molecular weight excluding hydrogens is 206 g/mol. The van der Waals surface area contributed by atoms with Gasteiger partial charge in [0, 0.05) is 0 Å². The van der Waals surface area contributed by atoms with Crippen LogP contribution in [0.4, 0.5) is 0 Å². The van der Waals surface area contributed by atoms with Crippen LogP contribution in [0.25, 0.3) is 11.4 Å². The maximum Gasteiger partial charge on any atom is 0.243 e. The van der Waals surface area contributed by atoms with E-state index in [9.17, 15) is 0 Å². The Balaban J connectivity index is 2.13. The predicted molar refractivity (Wildman–Crippen MR) is 58.4 cm³/mol. The summed E-state index contributed by atoms with van der Waals surface area (Å²) in [6.45, 7) is 4.21. The normalized spacial score (nSPS) is 13.2. The Morgan fingerprint density at radius 3 is 2.88 bits per heavy atom. The molecule has 0 aliphatic carbocycles. The Bertz CT molecular complexity index is 434. The van der Waals surface area contributed by atoms with Gasteiger partial charge in [-0.2, -0.15) is 4.98 Å². The van der Waals surface area contributed by atoms with Gasteiger partial charge in [0.2, 0.25) is 11.7 Å². The molecule has 1 unspecified atom stereocenters. The third kappa shape index (κ3) is 2.30. The SMILES string of the molecule is CC(C)CC(N)c1nc(-c2ccoc2)no1. The molecule has 2 heterocycles. The van der Waals surface area contributed by atoms with Crippen molar-refractivity contribution in [2.24, 2.45) is 11.7 Å². The molecule has 0 fully saturated rings. The van der Waals surface area contributed by atoms with Crippen LogP contribution in [0.5, 0.6) is 0 Å². The van der Waals surface area contributed by atoms with Gasteiger partial charge in [-0.15, -0.1) is 0 Å². The van der Waals surface area contributed by atoms with Gasteiger partial charge in [-0.05, 0) is 18.4 Å². The molecule has 2 aromatic rings. The van der Waals surface area contributed by atoms with Gasteiger partial charge in [0.1, 0.15) is 6.26 Å². The Labute approximate surface area is 93.6 Å². The molecule has 2 N–H and O–H groups in total. The summed E-state index contributed by atoms with van der Waals surface area (Å²) in [7, 11) is 0. The smallest absolute Gasteiger partial charge is 0.243 e. The lowest BCUT2D eigenvalue weighted by Gasteiger charge is -2.08. The number of furan rings is 1. The molecule has 2 rings (SSSR count). The molecule has 1 atom stereocenters. The summed E-state index contributed by atoms with van der Waals surface area (Å²) in [4.78, 5) is 4.24. The number of aromatic nitrogens is 2. The van der Waals surface area contributed by atoms with Crippen LogP contribution in [-0.2, 0) is 0 Å². The van der Waals surface area contributed by atoms with E-state index in [2.05, 4.69) is 24.0 Å². The van der Waals surface area contributed by atoms with Crippen molar-refractivity contribution in [3.05, 3.63) is 24.5 Å². The van der Waals surface area contributed by atoms with E-state index in [4.69, 9.17) is 14.7 Å². The van der Waals surface area contributed by atoms with Gasteiger partial charge in [-0.1, -0.05) is 19.0 Å². The van der Waals surface area contributed by atoms with Crippen molar-refractivity contribution in [1.82, 2.24) is 10.1 Å².